The molecule has 1 heterocycles. The standard InChI is InChI=1S/C16H17N3O4/c20-16(21)10-3-5-11(6-4-10)18-14-8-7-13-12(2-1-9-17-13)15(14)19(22)23/h1-2,7-11,18H,3-6H2,(H,20,21). The maximum atomic E-state index is 11.5. The first kappa shape index (κ1) is 15.2. The fourth-order valence-corrected chi connectivity index (χ4v) is 3.15. The average molecular weight is 315 g/mol. The second kappa shape index (κ2) is 6.20. The van der Waals surface area contributed by atoms with Crippen LogP contribution in [0.3, 0.4) is 0 Å². The van der Waals surface area contributed by atoms with Crippen molar-refractivity contribution in [1.82, 2.24) is 4.98 Å². The number of rotatable bonds is 4. The van der Waals surface area contributed by atoms with Gasteiger partial charge in [-0.3, -0.25) is 19.9 Å². The van der Waals surface area contributed by atoms with Gasteiger partial charge < -0.3 is 10.4 Å². The number of benzene rings is 1. The quantitative estimate of drug-likeness (QED) is 0.663. The normalized spacial score (nSPS) is 21.0. The van der Waals surface area contributed by atoms with Gasteiger partial charge in [0.15, 0.2) is 0 Å². The first-order valence-electron chi connectivity index (χ1n) is 7.57. The number of hydrogen-bond donors (Lipinski definition) is 2. The summed E-state index contributed by atoms with van der Waals surface area (Å²) < 4.78 is 0. The Hall–Kier alpha value is -2.70. The minimum atomic E-state index is -0.758. The third-order valence-electron chi connectivity index (χ3n) is 4.38. The number of carbonyl (C=O) groups is 1. The number of carboxylic acid groups (broad SMARTS) is 1. The maximum absolute atomic E-state index is 11.5. The summed E-state index contributed by atoms with van der Waals surface area (Å²) >= 11 is 0. The van der Waals surface area contributed by atoms with E-state index < -0.39 is 10.9 Å². The van der Waals surface area contributed by atoms with E-state index in [1.165, 1.54) is 0 Å². The van der Waals surface area contributed by atoms with Crippen LogP contribution in [-0.4, -0.2) is 27.0 Å². The molecule has 0 bridgehead atoms. The van der Waals surface area contributed by atoms with Gasteiger partial charge in [0.1, 0.15) is 5.69 Å². The zero-order valence-corrected chi connectivity index (χ0v) is 12.4. The van der Waals surface area contributed by atoms with Crippen LogP contribution in [0.15, 0.2) is 30.5 Å². The van der Waals surface area contributed by atoms with Crippen LogP contribution in [0.25, 0.3) is 10.9 Å². The SMILES string of the molecule is O=C(O)C1CCC(Nc2ccc3ncccc3c2[N+](=O)[O-])CC1. The number of pyridine rings is 1. The molecular formula is C16H17N3O4. The van der Waals surface area contributed by atoms with Crippen LogP contribution >= 0.6 is 0 Å². The van der Waals surface area contributed by atoms with Crippen LogP contribution in [0.5, 0.6) is 0 Å². The number of anilines is 1. The van der Waals surface area contributed by atoms with E-state index in [1.54, 1.807) is 30.5 Å². The number of aliphatic carboxylic acids is 1. The molecule has 2 N–H and O–H groups in total. The molecule has 7 nitrogen and oxygen atoms in total. The van der Waals surface area contributed by atoms with Crippen molar-refractivity contribution in [3.8, 4) is 0 Å². The lowest BCUT2D eigenvalue weighted by molar-refractivity contribution is -0.382. The Morgan fingerprint density at radius 3 is 2.65 bits per heavy atom. The Balaban J connectivity index is 1.85. The van der Waals surface area contributed by atoms with Gasteiger partial charge >= 0.3 is 11.7 Å². The molecule has 2 aromatic rings. The van der Waals surface area contributed by atoms with Crippen molar-refractivity contribution >= 4 is 28.2 Å². The van der Waals surface area contributed by atoms with E-state index in [-0.39, 0.29) is 17.6 Å². The van der Waals surface area contributed by atoms with Crippen LogP contribution in [0.2, 0.25) is 0 Å². The van der Waals surface area contributed by atoms with Gasteiger partial charge in [-0.2, -0.15) is 0 Å². The molecule has 0 spiro atoms. The van der Waals surface area contributed by atoms with Crippen LogP contribution in [-0.2, 0) is 4.79 Å². The van der Waals surface area contributed by atoms with Crippen molar-refractivity contribution in [3.63, 3.8) is 0 Å². The predicted octanol–water partition coefficient (Wildman–Crippen LogP) is 3.20. The van der Waals surface area contributed by atoms with E-state index >= 15 is 0 Å². The van der Waals surface area contributed by atoms with Crippen molar-refractivity contribution in [3.05, 3.63) is 40.6 Å². The van der Waals surface area contributed by atoms with Crippen molar-refractivity contribution < 1.29 is 14.8 Å². The molecule has 120 valence electrons. The highest BCUT2D eigenvalue weighted by Gasteiger charge is 2.27. The summed E-state index contributed by atoms with van der Waals surface area (Å²) in [6.45, 7) is 0. The fourth-order valence-electron chi connectivity index (χ4n) is 3.15. The third kappa shape index (κ3) is 3.08. The second-order valence-electron chi connectivity index (χ2n) is 5.82. The van der Waals surface area contributed by atoms with Gasteiger partial charge in [0.05, 0.1) is 21.7 Å². The molecule has 1 aromatic carbocycles. The molecule has 1 fully saturated rings. The first-order valence-corrected chi connectivity index (χ1v) is 7.57. The maximum Gasteiger partial charge on any atom is 0.306 e. The van der Waals surface area contributed by atoms with E-state index in [1.807, 2.05) is 0 Å². The Morgan fingerprint density at radius 1 is 1.26 bits per heavy atom. The van der Waals surface area contributed by atoms with E-state index in [9.17, 15) is 14.9 Å². The highest BCUT2D eigenvalue weighted by Crippen LogP contribution is 2.35. The van der Waals surface area contributed by atoms with Gasteiger partial charge in [-0.15, -0.1) is 0 Å². The first-order chi connectivity index (χ1) is 11.1. The number of nitro groups is 1. The molecule has 7 heteroatoms. The molecule has 1 aliphatic carbocycles. The Labute approximate surface area is 132 Å². The molecule has 0 atom stereocenters. The second-order valence-corrected chi connectivity index (χ2v) is 5.82. The van der Waals surface area contributed by atoms with Crippen molar-refractivity contribution in [2.24, 2.45) is 5.92 Å². The summed E-state index contributed by atoms with van der Waals surface area (Å²) in [5.41, 5.74) is 1.07. The van der Waals surface area contributed by atoms with Crippen LogP contribution in [0.4, 0.5) is 11.4 Å². The minimum Gasteiger partial charge on any atom is -0.481 e. The number of nitrogens with zero attached hydrogens (tertiary/aromatic N) is 2. The van der Waals surface area contributed by atoms with Gasteiger partial charge in [-0.25, -0.2) is 0 Å². The Kier molecular flexibility index (Phi) is 4.10. The van der Waals surface area contributed by atoms with Gasteiger partial charge in [0.2, 0.25) is 0 Å². The number of nitrogens with one attached hydrogen (secondary N) is 1. The zero-order chi connectivity index (χ0) is 16.4. The topological polar surface area (TPSA) is 105 Å². The van der Waals surface area contributed by atoms with Gasteiger partial charge in [0.25, 0.3) is 0 Å². The molecule has 0 aliphatic heterocycles. The molecule has 0 amide bonds. The number of carboxylic acids is 1. The van der Waals surface area contributed by atoms with Crippen LogP contribution in [0.1, 0.15) is 25.7 Å². The molecular weight excluding hydrogens is 298 g/mol. The number of aromatic nitrogens is 1. The summed E-state index contributed by atoms with van der Waals surface area (Å²) in [5.74, 6) is -1.06. The Morgan fingerprint density at radius 2 is 2.00 bits per heavy atom. The summed E-state index contributed by atoms with van der Waals surface area (Å²) in [5, 5.41) is 24.2. The van der Waals surface area contributed by atoms with Crippen molar-refractivity contribution in [2.45, 2.75) is 31.7 Å². The van der Waals surface area contributed by atoms with E-state index in [2.05, 4.69) is 10.3 Å². The molecule has 1 saturated carbocycles. The van der Waals surface area contributed by atoms with Crippen molar-refractivity contribution in [2.75, 3.05) is 5.32 Å². The van der Waals surface area contributed by atoms with Crippen molar-refractivity contribution in [1.29, 1.82) is 0 Å². The molecule has 0 saturated heterocycles. The van der Waals surface area contributed by atoms with Gasteiger partial charge in [-0.05, 0) is 49.9 Å². The summed E-state index contributed by atoms with van der Waals surface area (Å²) in [7, 11) is 0. The lowest BCUT2D eigenvalue weighted by Crippen LogP contribution is -2.29. The smallest absolute Gasteiger partial charge is 0.306 e. The zero-order valence-electron chi connectivity index (χ0n) is 12.4. The highest BCUT2D eigenvalue weighted by molar-refractivity contribution is 5.94. The summed E-state index contributed by atoms with van der Waals surface area (Å²) in [4.78, 5) is 26.2. The summed E-state index contributed by atoms with van der Waals surface area (Å²) in [6.07, 6.45) is 4.18. The molecule has 0 radical (unpaired) electrons. The number of hydrogen-bond acceptors (Lipinski definition) is 5. The van der Waals surface area contributed by atoms with Gasteiger partial charge in [-0.1, -0.05) is 0 Å². The van der Waals surface area contributed by atoms with Crippen LogP contribution < -0.4 is 5.32 Å². The third-order valence-corrected chi connectivity index (χ3v) is 4.38. The highest BCUT2D eigenvalue weighted by atomic mass is 16.6. The van der Waals surface area contributed by atoms with Gasteiger partial charge in [0, 0.05) is 12.2 Å². The average Bonchev–Trinajstić information content (AvgIpc) is 2.54. The molecule has 1 aliphatic rings. The minimum absolute atomic E-state index is 0.0240. The van der Waals surface area contributed by atoms with E-state index in [0.29, 0.717) is 42.3 Å². The molecule has 3 rings (SSSR count). The number of fused-ring (bicyclic) bond motifs is 1. The lowest BCUT2D eigenvalue weighted by atomic mass is 9.86. The monoisotopic (exact) mass is 315 g/mol. The predicted molar refractivity (Wildman–Crippen MR) is 85.4 cm³/mol. The molecule has 1 aromatic heterocycles. The summed E-state index contributed by atoms with van der Waals surface area (Å²) in [6, 6.07) is 6.85. The largest absolute Gasteiger partial charge is 0.481 e. The Bertz CT molecular complexity index is 754. The van der Waals surface area contributed by atoms with E-state index in [4.69, 9.17) is 5.11 Å². The molecule has 0 unspecified atom stereocenters. The number of nitro benzene ring substituents is 1. The van der Waals surface area contributed by atoms with Crippen LogP contribution in [0, 0.1) is 16.0 Å². The lowest BCUT2D eigenvalue weighted by Gasteiger charge is -2.27. The fraction of sp³-hybridized carbons (Fsp3) is 0.375. The molecule has 23 heavy (non-hydrogen) atoms. The van der Waals surface area contributed by atoms with E-state index in [0.717, 1.165) is 0 Å².